The summed E-state index contributed by atoms with van der Waals surface area (Å²) in [6, 6.07) is 18.5. The molecule has 0 fully saturated rings. The van der Waals surface area contributed by atoms with Gasteiger partial charge in [-0.1, -0.05) is 61.0 Å². The van der Waals surface area contributed by atoms with Gasteiger partial charge in [0.2, 0.25) is 0 Å². The fraction of sp³-hybridized carbons (Fsp3) is 0.375. The van der Waals surface area contributed by atoms with E-state index in [0.29, 0.717) is 42.4 Å². The van der Waals surface area contributed by atoms with Crippen LogP contribution in [0.1, 0.15) is 35.8 Å². The second-order valence-corrected chi connectivity index (χ2v) is 8.81. The van der Waals surface area contributed by atoms with Crippen molar-refractivity contribution < 1.29 is 14.6 Å². The smallest absolute Gasteiger partial charge is 0.183 e. The Morgan fingerprint density at radius 2 is 1.81 bits per heavy atom. The van der Waals surface area contributed by atoms with Gasteiger partial charge in [0.1, 0.15) is 18.5 Å². The zero-order chi connectivity index (χ0) is 21.9. The minimum atomic E-state index is -0.651. The predicted octanol–water partition coefficient (Wildman–Crippen LogP) is 4.86. The standard InChI is InChI=1S/C24H29ClN2O3S/c1-18(15-26-16-23(28)22-17-31-24(25)27-22)20-7-9-21(10-8-20)30-14-13-29-12-11-19-5-3-2-4-6-19/h2-10,17-18,23,26,28H,11-16H2,1H3. The van der Waals surface area contributed by atoms with Gasteiger partial charge in [-0.25, -0.2) is 4.98 Å². The van der Waals surface area contributed by atoms with E-state index in [-0.39, 0.29) is 0 Å². The van der Waals surface area contributed by atoms with E-state index in [1.165, 1.54) is 22.5 Å². The van der Waals surface area contributed by atoms with Crippen LogP contribution in [0, 0.1) is 0 Å². The van der Waals surface area contributed by atoms with Gasteiger partial charge in [0, 0.05) is 18.5 Å². The predicted molar refractivity (Wildman–Crippen MR) is 126 cm³/mol. The van der Waals surface area contributed by atoms with Gasteiger partial charge in [0.05, 0.1) is 18.9 Å². The summed E-state index contributed by atoms with van der Waals surface area (Å²) >= 11 is 7.14. The quantitative estimate of drug-likeness (QED) is 0.356. The number of rotatable bonds is 13. The first-order chi connectivity index (χ1) is 15.1. The fourth-order valence-corrected chi connectivity index (χ4v) is 3.94. The molecule has 5 nitrogen and oxygen atoms in total. The number of nitrogens with one attached hydrogen (secondary N) is 1. The first-order valence-electron chi connectivity index (χ1n) is 10.5. The van der Waals surface area contributed by atoms with E-state index in [1.54, 1.807) is 5.38 Å². The van der Waals surface area contributed by atoms with Crippen molar-refractivity contribution in [2.75, 3.05) is 32.9 Å². The van der Waals surface area contributed by atoms with Crippen LogP contribution < -0.4 is 10.1 Å². The molecule has 2 N–H and O–H groups in total. The van der Waals surface area contributed by atoms with Crippen LogP contribution in [0.4, 0.5) is 0 Å². The van der Waals surface area contributed by atoms with Gasteiger partial charge in [0.25, 0.3) is 0 Å². The number of nitrogens with zero attached hydrogens (tertiary/aromatic N) is 1. The van der Waals surface area contributed by atoms with Crippen molar-refractivity contribution in [2.24, 2.45) is 0 Å². The van der Waals surface area contributed by atoms with Gasteiger partial charge in [0.15, 0.2) is 4.47 Å². The first kappa shape index (κ1) is 23.7. The van der Waals surface area contributed by atoms with Gasteiger partial charge in [-0.05, 0) is 35.6 Å². The zero-order valence-electron chi connectivity index (χ0n) is 17.7. The highest BCUT2D eigenvalue weighted by atomic mass is 35.5. The average molecular weight is 461 g/mol. The lowest BCUT2D eigenvalue weighted by Gasteiger charge is -2.15. The number of benzene rings is 2. The minimum absolute atomic E-state index is 0.307. The molecule has 2 aromatic carbocycles. The van der Waals surface area contributed by atoms with Crippen molar-refractivity contribution in [1.82, 2.24) is 10.3 Å². The summed E-state index contributed by atoms with van der Waals surface area (Å²) in [6.45, 7) is 5.14. The number of hydrogen-bond donors (Lipinski definition) is 2. The number of aromatic nitrogens is 1. The highest BCUT2D eigenvalue weighted by Crippen LogP contribution is 2.21. The van der Waals surface area contributed by atoms with Crippen molar-refractivity contribution in [1.29, 1.82) is 0 Å². The average Bonchev–Trinajstić information content (AvgIpc) is 3.23. The molecule has 0 saturated carbocycles. The van der Waals surface area contributed by atoms with Crippen LogP contribution >= 0.6 is 22.9 Å². The first-order valence-corrected chi connectivity index (χ1v) is 11.7. The molecule has 2 atom stereocenters. The van der Waals surface area contributed by atoms with Crippen molar-refractivity contribution >= 4 is 22.9 Å². The molecule has 31 heavy (non-hydrogen) atoms. The van der Waals surface area contributed by atoms with Crippen LogP contribution in [0.3, 0.4) is 0 Å². The molecule has 1 heterocycles. The van der Waals surface area contributed by atoms with Crippen molar-refractivity contribution in [3.63, 3.8) is 0 Å². The van der Waals surface area contributed by atoms with Crippen molar-refractivity contribution in [2.45, 2.75) is 25.4 Å². The Labute approximate surface area is 193 Å². The highest BCUT2D eigenvalue weighted by Gasteiger charge is 2.12. The van der Waals surface area contributed by atoms with Gasteiger partial charge < -0.3 is 19.9 Å². The molecular formula is C24H29ClN2O3S. The van der Waals surface area contributed by atoms with Gasteiger partial charge >= 0.3 is 0 Å². The van der Waals surface area contributed by atoms with E-state index in [2.05, 4.69) is 41.5 Å². The Morgan fingerprint density at radius 3 is 2.52 bits per heavy atom. The fourth-order valence-electron chi connectivity index (χ4n) is 3.12. The van der Waals surface area contributed by atoms with Crippen LogP contribution in [0.25, 0.3) is 0 Å². The largest absolute Gasteiger partial charge is 0.491 e. The van der Waals surface area contributed by atoms with Crippen LogP contribution in [-0.2, 0) is 11.2 Å². The zero-order valence-corrected chi connectivity index (χ0v) is 19.2. The lowest BCUT2D eigenvalue weighted by atomic mass is 10.0. The molecule has 166 valence electrons. The molecule has 3 rings (SSSR count). The maximum absolute atomic E-state index is 10.1. The van der Waals surface area contributed by atoms with Crippen molar-refractivity contribution in [3.8, 4) is 5.75 Å². The highest BCUT2D eigenvalue weighted by molar-refractivity contribution is 7.13. The Bertz CT molecular complexity index is 889. The van der Waals surface area contributed by atoms with E-state index in [0.717, 1.165) is 18.7 Å². The van der Waals surface area contributed by atoms with Crippen LogP contribution in [0.15, 0.2) is 60.0 Å². The summed E-state index contributed by atoms with van der Waals surface area (Å²) in [5.41, 5.74) is 3.11. The third kappa shape index (κ3) is 8.24. The van der Waals surface area contributed by atoms with E-state index >= 15 is 0 Å². The van der Waals surface area contributed by atoms with Gasteiger partial charge in [-0.2, -0.15) is 0 Å². The third-order valence-corrected chi connectivity index (χ3v) is 5.94. The van der Waals surface area contributed by atoms with Crippen molar-refractivity contribution in [3.05, 3.63) is 81.3 Å². The second kappa shape index (κ2) is 12.8. The van der Waals surface area contributed by atoms with Gasteiger partial charge in [-0.15, -0.1) is 11.3 Å². The molecule has 1 aromatic heterocycles. The SMILES string of the molecule is CC(CNCC(O)c1csc(Cl)n1)c1ccc(OCCOCCc2ccccc2)cc1. The number of ether oxygens (including phenoxy) is 2. The van der Waals surface area contributed by atoms with Crippen LogP contribution in [0.5, 0.6) is 5.75 Å². The van der Waals surface area contributed by atoms with E-state index in [4.69, 9.17) is 21.1 Å². The monoisotopic (exact) mass is 460 g/mol. The number of thiazole rings is 1. The minimum Gasteiger partial charge on any atom is -0.491 e. The normalized spacial score (nSPS) is 13.1. The molecule has 0 amide bonds. The maximum atomic E-state index is 10.1. The topological polar surface area (TPSA) is 63.6 Å². The molecule has 0 aliphatic heterocycles. The molecule has 0 spiro atoms. The molecule has 0 aliphatic rings. The Balaban J connectivity index is 1.29. The molecule has 0 radical (unpaired) electrons. The Hall–Kier alpha value is -1.96. The van der Waals surface area contributed by atoms with E-state index < -0.39 is 6.10 Å². The lowest BCUT2D eigenvalue weighted by molar-refractivity contribution is 0.102. The number of halogens is 1. The summed E-state index contributed by atoms with van der Waals surface area (Å²) in [4.78, 5) is 4.10. The third-order valence-electron chi connectivity index (χ3n) is 4.95. The molecule has 0 saturated heterocycles. The summed E-state index contributed by atoms with van der Waals surface area (Å²) in [5.74, 6) is 1.15. The maximum Gasteiger partial charge on any atom is 0.183 e. The molecule has 0 aliphatic carbocycles. The second-order valence-electron chi connectivity index (χ2n) is 7.37. The summed E-state index contributed by atoms with van der Waals surface area (Å²) in [7, 11) is 0. The number of hydrogen-bond acceptors (Lipinski definition) is 6. The Morgan fingerprint density at radius 1 is 1.03 bits per heavy atom. The summed E-state index contributed by atoms with van der Waals surface area (Å²) in [6.07, 6.45) is 0.261. The number of aliphatic hydroxyl groups excluding tert-OH is 1. The van der Waals surface area contributed by atoms with E-state index in [9.17, 15) is 5.11 Å². The Kier molecular flexibility index (Phi) is 9.78. The summed E-state index contributed by atoms with van der Waals surface area (Å²) < 4.78 is 11.9. The van der Waals surface area contributed by atoms with Gasteiger partial charge in [-0.3, -0.25) is 0 Å². The lowest BCUT2D eigenvalue weighted by Crippen LogP contribution is -2.25. The molecule has 2 unspecified atom stereocenters. The molecular weight excluding hydrogens is 432 g/mol. The summed E-state index contributed by atoms with van der Waals surface area (Å²) in [5, 5.41) is 15.2. The molecule has 0 bridgehead atoms. The van der Waals surface area contributed by atoms with Crippen LogP contribution in [0.2, 0.25) is 4.47 Å². The molecule has 7 heteroatoms. The van der Waals surface area contributed by atoms with Crippen LogP contribution in [-0.4, -0.2) is 43.0 Å². The molecule has 3 aromatic rings. The number of aliphatic hydroxyl groups is 1. The van der Waals surface area contributed by atoms with E-state index in [1.807, 2.05) is 30.3 Å².